The van der Waals surface area contributed by atoms with Crippen LogP contribution in [0, 0.1) is 6.92 Å². The van der Waals surface area contributed by atoms with Crippen molar-refractivity contribution < 1.29 is 9.53 Å². The molecule has 0 saturated heterocycles. The summed E-state index contributed by atoms with van der Waals surface area (Å²) in [5.74, 6) is 0.678. The van der Waals surface area contributed by atoms with Crippen molar-refractivity contribution in [2.24, 2.45) is 0 Å². The summed E-state index contributed by atoms with van der Waals surface area (Å²) in [5, 5.41) is 9.73. The van der Waals surface area contributed by atoms with E-state index in [1.807, 2.05) is 45.3 Å². The number of aromatic amines is 1. The predicted octanol–water partition coefficient (Wildman–Crippen LogP) is 4.16. The van der Waals surface area contributed by atoms with E-state index in [0.717, 1.165) is 50.3 Å². The lowest BCUT2D eigenvalue weighted by Gasteiger charge is -2.09. The summed E-state index contributed by atoms with van der Waals surface area (Å²) in [4.78, 5) is 20.4. The van der Waals surface area contributed by atoms with E-state index in [4.69, 9.17) is 4.74 Å². The van der Waals surface area contributed by atoms with Crippen molar-refractivity contribution >= 4 is 38.5 Å². The summed E-state index contributed by atoms with van der Waals surface area (Å²) in [6, 6.07) is 10.0. The molecule has 4 aromatic rings. The van der Waals surface area contributed by atoms with Gasteiger partial charge in [0.15, 0.2) is 0 Å². The van der Waals surface area contributed by atoms with Crippen LogP contribution in [-0.2, 0) is 0 Å². The highest BCUT2D eigenvalue weighted by Crippen LogP contribution is 2.35. The highest BCUT2D eigenvalue weighted by atomic mass is 16.5. The molecule has 0 radical (unpaired) electrons. The second-order valence-corrected chi connectivity index (χ2v) is 6.97. The molecule has 2 aromatic heterocycles. The van der Waals surface area contributed by atoms with Gasteiger partial charge in [0.25, 0.3) is 5.91 Å². The molecule has 0 atom stereocenters. The third-order valence-electron chi connectivity index (χ3n) is 4.85. The molecular formula is C23H28N4O2. The molecule has 29 heavy (non-hydrogen) atoms. The van der Waals surface area contributed by atoms with Crippen molar-refractivity contribution in [2.45, 2.75) is 20.3 Å². The number of ether oxygens (including phenoxy) is 1. The van der Waals surface area contributed by atoms with E-state index in [-0.39, 0.29) is 5.91 Å². The number of aryl methyl sites for hydroxylation is 1. The van der Waals surface area contributed by atoms with Crippen LogP contribution in [0.2, 0.25) is 0 Å². The fraction of sp³-hybridized carbons (Fsp3) is 0.304. The maximum atomic E-state index is 12.6. The standard InChI is InChI=1S/C21H21N3O2.C2H7N/c1-4-8-23-21(25)20-16-11-17-15-10-13(26-3)5-6-18(15)24-19(17)12(2)14(16)7-9-22-20;1-3-2/h5-7,9-11,24H,4,8H2,1-3H3,(H,23,25);3H,1-2H3. The van der Waals surface area contributed by atoms with Crippen molar-refractivity contribution in [2.75, 3.05) is 27.7 Å². The number of fused-ring (bicyclic) bond motifs is 4. The molecule has 0 aliphatic carbocycles. The highest BCUT2D eigenvalue weighted by molar-refractivity contribution is 6.17. The van der Waals surface area contributed by atoms with E-state index in [1.165, 1.54) is 0 Å². The summed E-state index contributed by atoms with van der Waals surface area (Å²) in [6.07, 6.45) is 2.59. The Morgan fingerprint density at radius 3 is 2.55 bits per heavy atom. The van der Waals surface area contributed by atoms with Crippen LogP contribution >= 0.6 is 0 Å². The molecule has 4 rings (SSSR count). The number of carbonyl (C=O) groups is 1. The molecule has 6 heteroatoms. The van der Waals surface area contributed by atoms with Gasteiger partial charge in [0.05, 0.1) is 12.6 Å². The van der Waals surface area contributed by atoms with Gasteiger partial charge in [-0.2, -0.15) is 0 Å². The van der Waals surface area contributed by atoms with Crippen LogP contribution < -0.4 is 15.4 Å². The quantitative estimate of drug-likeness (QED) is 0.487. The monoisotopic (exact) mass is 392 g/mol. The van der Waals surface area contributed by atoms with Crippen molar-refractivity contribution in [3.05, 3.63) is 47.8 Å². The van der Waals surface area contributed by atoms with Gasteiger partial charge in [0, 0.05) is 34.4 Å². The van der Waals surface area contributed by atoms with Gasteiger partial charge in [0.2, 0.25) is 0 Å². The van der Waals surface area contributed by atoms with Crippen LogP contribution in [0.5, 0.6) is 5.75 Å². The Morgan fingerprint density at radius 2 is 1.86 bits per heavy atom. The number of H-pyrrole nitrogens is 1. The zero-order valence-electron chi connectivity index (χ0n) is 17.6. The summed E-state index contributed by atoms with van der Waals surface area (Å²) in [7, 11) is 5.41. The normalized spacial score (nSPS) is 10.8. The Morgan fingerprint density at radius 1 is 1.10 bits per heavy atom. The summed E-state index contributed by atoms with van der Waals surface area (Å²) >= 11 is 0. The number of aromatic nitrogens is 2. The van der Waals surface area contributed by atoms with Crippen LogP contribution in [0.1, 0.15) is 29.4 Å². The van der Waals surface area contributed by atoms with E-state index in [2.05, 4.69) is 33.6 Å². The fourth-order valence-electron chi connectivity index (χ4n) is 3.49. The molecule has 2 heterocycles. The molecule has 0 saturated carbocycles. The second-order valence-electron chi connectivity index (χ2n) is 6.97. The molecule has 3 N–H and O–H groups in total. The van der Waals surface area contributed by atoms with Crippen molar-refractivity contribution in [1.82, 2.24) is 20.6 Å². The zero-order valence-corrected chi connectivity index (χ0v) is 17.6. The van der Waals surface area contributed by atoms with Crippen LogP contribution in [0.3, 0.4) is 0 Å². The average molecular weight is 393 g/mol. The molecule has 0 aliphatic rings. The largest absolute Gasteiger partial charge is 0.497 e. The van der Waals surface area contributed by atoms with Gasteiger partial charge < -0.3 is 20.4 Å². The number of rotatable bonds is 4. The number of amides is 1. The number of hydrogen-bond acceptors (Lipinski definition) is 4. The first-order chi connectivity index (χ1) is 14.0. The summed E-state index contributed by atoms with van der Waals surface area (Å²) in [6.45, 7) is 4.75. The number of hydrogen-bond donors (Lipinski definition) is 3. The van der Waals surface area contributed by atoms with E-state index in [9.17, 15) is 4.79 Å². The number of pyridine rings is 1. The van der Waals surface area contributed by atoms with Crippen LogP contribution in [0.4, 0.5) is 0 Å². The molecule has 0 aliphatic heterocycles. The minimum Gasteiger partial charge on any atom is -0.497 e. The van der Waals surface area contributed by atoms with Gasteiger partial charge in [-0.15, -0.1) is 0 Å². The molecule has 0 spiro atoms. The topological polar surface area (TPSA) is 79.0 Å². The first kappa shape index (κ1) is 20.6. The second kappa shape index (κ2) is 8.92. The zero-order chi connectivity index (χ0) is 21.0. The summed E-state index contributed by atoms with van der Waals surface area (Å²) in [5.41, 5.74) is 3.70. The van der Waals surface area contributed by atoms with Crippen molar-refractivity contribution in [1.29, 1.82) is 0 Å². The van der Waals surface area contributed by atoms with Crippen LogP contribution in [0.15, 0.2) is 36.5 Å². The van der Waals surface area contributed by atoms with Gasteiger partial charge in [-0.05, 0) is 68.7 Å². The molecule has 152 valence electrons. The van der Waals surface area contributed by atoms with Gasteiger partial charge in [-0.3, -0.25) is 9.78 Å². The minimum atomic E-state index is -0.131. The minimum absolute atomic E-state index is 0.131. The fourth-order valence-corrected chi connectivity index (χ4v) is 3.49. The van der Waals surface area contributed by atoms with Crippen LogP contribution in [-0.4, -0.2) is 43.6 Å². The maximum Gasteiger partial charge on any atom is 0.270 e. The van der Waals surface area contributed by atoms with Gasteiger partial charge in [-0.25, -0.2) is 0 Å². The van der Waals surface area contributed by atoms with Gasteiger partial charge >= 0.3 is 0 Å². The molecule has 0 unspecified atom stereocenters. The molecular weight excluding hydrogens is 364 g/mol. The maximum absolute atomic E-state index is 12.6. The highest BCUT2D eigenvalue weighted by Gasteiger charge is 2.16. The lowest BCUT2D eigenvalue weighted by Crippen LogP contribution is -2.25. The lowest BCUT2D eigenvalue weighted by atomic mass is 10.00. The molecule has 0 fully saturated rings. The number of methoxy groups -OCH3 is 1. The first-order valence-electron chi connectivity index (χ1n) is 9.80. The summed E-state index contributed by atoms with van der Waals surface area (Å²) < 4.78 is 5.37. The Bertz CT molecular complexity index is 1160. The number of carbonyl (C=O) groups excluding carboxylic acids is 1. The average Bonchev–Trinajstić information content (AvgIpc) is 3.10. The first-order valence-corrected chi connectivity index (χ1v) is 9.80. The van der Waals surface area contributed by atoms with E-state index >= 15 is 0 Å². The molecule has 6 nitrogen and oxygen atoms in total. The SMILES string of the molecule is CCCNC(=O)c1nccc2c(C)c3[nH]c4ccc(OC)cc4c3cc12.CNC. The van der Waals surface area contributed by atoms with E-state index in [0.29, 0.717) is 12.2 Å². The number of nitrogens with zero attached hydrogens (tertiary/aromatic N) is 1. The van der Waals surface area contributed by atoms with Crippen molar-refractivity contribution in [3.63, 3.8) is 0 Å². The molecule has 2 aromatic carbocycles. The Labute approximate surface area is 170 Å². The Kier molecular flexibility index (Phi) is 6.34. The van der Waals surface area contributed by atoms with Crippen LogP contribution in [0.25, 0.3) is 32.6 Å². The third kappa shape index (κ3) is 3.89. The lowest BCUT2D eigenvalue weighted by molar-refractivity contribution is 0.0950. The van der Waals surface area contributed by atoms with Gasteiger partial charge in [0.1, 0.15) is 11.4 Å². The van der Waals surface area contributed by atoms with Crippen molar-refractivity contribution in [3.8, 4) is 5.75 Å². The molecule has 1 amide bonds. The molecule has 0 bridgehead atoms. The Hall–Kier alpha value is -3.12. The smallest absolute Gasteiger partial charge is 0.270 e. The Balaban J connectivity index is 0.000000755. The third-order valence-corrected chi connectivity index (χ3v) is 4.85. The number of nitrogens with one attached hydrogen (secondary N) is 3. The predicted molar refractivity (Wildman–Crippen MR) is 120 cm³/mol. The number of benzene rings is 2. The van der Waals surface area contributed by atoms with E-state index < -0.39 is 0 Å². The van der Waals surface area contributed by atoms with Gasteiger partial charge in [-0.1, -0.05) is 6.92 Å². The van der Waals surface area contributed by atoms with E-state index in [1.54, 1.807) is 13.3 Å².